The van der Waals surface area contributed by atoms with Gasteiger partial charge in [0.25, 0.3) is 6.43 Å². The normalized spacial score (nSPS) is 10.7. The van der Waals surface area contributed by atoms with Gasteiger partial charge in [-0.15, -0.1) is 0 Å². The van der Waals surface area contributed by atoms with Crippen LogP contribution in [0, 0.1) is 3.70 Å². The van der Waals surface area contributed by atoms with E-state index in [1.165, 1.54) is 7.11 Å². The molecule has 0 amide bonds. The van der Waals surface area contributed by atoms with Gasteiger partial charge in [-0.05, 0) is 34.2 Å². The third kappa shape index (κ3) is 2.53. The molecule has 6 heteroatoms. The Morgan fingerprint density at radius 3 is 2.71 bits per heavy atom. The zero-order valence-electron chi connectivity index (χ0n) is 7.23. The molecule has 14 heavy (non-hydrogen) atoms. The molecule has 0 unspecified atom stereocenters. The molecule has 78 valence electrons. The summed E-state index contributed by atoms with van der Waals surface area (Å²) in [7, 11) is 1.34. The lowest BCUT2D eigenvalue weighted by Gasteiger charge is -2.11. The zero-order valence-corrected chi connectivity index (χ0v) is 11.0. The maximum atomic E-state index is 12.7. The van der Waals surface area contributed by atoms with Gasteiger partial charge in [-0.1, -0.05) is 15.9 Å². The van der Waals surface area contributed by atoms with Crippen LogP contribution in [0.15, 0.2) is 6.07 Å². The largest absolute Gasteiger partial charge is 0.481 e. The molecule has 0 saturated carbocycles. The van der Waals surface area contributed by atoms with Crippen molar-refractivity contribution in [2.24, 2.45) is 0 Å². The lowest BCUT2D eigenvalue weighted by Crippen LogP contribution is -2.01. The van der Waals surface area contributed by atoms with E-state index in [-0.39, 0.29) is 11.4 Å². The summed E-state index contributed by atoms with van der Waals surface area (Å²) in [4.78, 5) is 3.89. The van der Waals surface area contributed by atoms with Crippen LogP contribution in [0.4, 0.5) is 8.78 Å². The number of pyridine rings is 1. The van der Waals surface area contributed by atoms with Crippen LogP contribution in [0.3, 0.4) is 0 Å². The molecule has 0 aromatic carbocycles. The molecule has 0 bridgehead atoms. The van der Waals surface area contributed by atoms with Crippen molar-refractivity contribution in [3.05, 3.63) is 20.9 Å². The average molecular weight is 378 g/mol. The summed E-state index contributed by atoms with van der Waals surface area (Å²) in [5.74, 6) is 0.00125. The van der Waals surface area contributed by atoms with Crippen LogP contribution in [-0.2, 0) is 5.33 Å². The highest BCUT2D eigenvalue weighted by Gasteiger charge is 2.20. The Bertz CT molecular complexity index is 310. The van der Waals surface area contributed by atoms with Crippen LogP contribution < -0.4 is 4.74 Å². The lowest BCUT2D eigenvalue weighted by atomic mass is 10.1. The van der Waals surface area contributed by atoms with Gasteiger partial charge in [-0.2, -0.15) is 0 Å². The third-order valence-corrected chi connectivity index (χ3v) is 2.79. The van der Waals surface area contributed by atoms with Crippen LogP contribution in [0.5, 0.6) is 5.88 Å². The molecule has 0 aliphatic rings. The monoisotopic (exact) mass is 377 g/mol. The van der Waals surface area contributed by atoms with E-state index in [4.69, 9.17) is 4.74 Å². The van der Waals surface area contributed by atoms with Crippen LogP contribution in [-0.4, -0.2) is 12.1 Å². The Kier molecular flexibility index (Phi) is 4.49. The highest BCUT2D eigenvalue weighted by Crippen LogP contribution is 2.32. The van der Waals surface area contributed by atoms with E-state index in [0.717, 1.165) is 0 Å². The van der Waals surface area contributed by atoms with Crippen LogP contribution in [0.25, 0.3) is 0 Å². The summed E-state index contributed by atoms with van der Waals surface area (Å²) >= 11 is 5.12. The molecule has 1 rings (SSSR count). The third-order valence-electron chi connectivity index (χ3n) is 1.63. The Balaban J connectivity index is 3.33. The quantitative estimate of drug-likeness (QED) is 0.456. The molecular formula is C8H7BrF2INO. The number of aromatic nitrogens is 1. The molecular weight excluding hydrogens is 371 g/mol. The maximum absolute atomic E-state index is 12.7. The molecule has 1 aromatic heterocycles. The van der Waals surface area contributed by atoms with E-state index in [1.54, 1.807) is 6.07 Å². The van der Waals surface area contributed by atoms with Gasteiger partial charge in [0.15, 0.2) is 0 Å². The first-order chi connectivity index (χ1) is 6.60. The second-order valence-corrected chi connectivity index (χ2v) is 4.13. The molecule has 0 saturated heterocycles. The summed E-state index contributed by atoms with van der Waals surface area (Å²) in [6.07, 6.45) is -2.57. The first-order valence-electron chi connectivity index (χ1n) is 3.67. The lowest BCUT2D eigenvalue weighted by molar-refractivity contribution is 0.145. The standard InChI is InChI=1S/C8H7BrF2INO/c1-14-8-6(7(10)11)4(3-9)2-5(12)13-8/h2,7H,3H2,1H3. The highest BCUT2D eigenvalue weighted by molar-refractivity contribution is 14.1. The average Bonchev–Trinajstić information content (AvgIpc) is 2.15. The molecule has 0 N–H and O–H groups in total. The van der Waals surface area contributed by atoms with E-state index < -0.39 is 6.43 Å². The first-order valence-corrected chi connectivity index (χ1v) is 5.87. The molecule has 0 atom stereocenters. The molecule has 0 radical (unpaired) electrons. The zero-order chi connectivity index (χ0) is 10.7. The fraction of sp³-hybridized carbons (Fsp3) is 0.375. The van der Waals surface area contributed by atoms with E-state index in [9.17, 15) is 8.78 Å². The summed E-state index contributed by atoms with van der Waals surface area (Å²) in [6.45, 7) is 0. The number of halogens is 4. The second kappa shape index (κ2) is 5.20. The predicted molar refractivity (Wildman–Crippen MR) is 61.1 cm³/mol. The van der Waals surface area contributed by atoms with Crippen LogP contribution >= 0.6 is 38.5 Å². The van der Waals surface area contributed by atoms with Crippen molar-refractivity contribution in [2.45, 2.75) is 11.8 Å². The fourth-order valence-electron chi connectivity index (χ4n) is 1.05. The van der Waals surface area contributed by atoms with Crippen molar-refractivity contribution in [2.75, 3.05) is 7.11 Å². The van der Waals surface area contributed by atoms with Crippen LogP contribution in [0.1, 0.15) is 17.6 Å². The molecule has 0 spiro atoms. The highest BCUT2D eigenvalue weighted by atomic mass is 127. The SMILES string of the molecule is COc1nc(I)cc(CBr)c1C(F)F. The van der Waals surface area contributed by atoms with E-state index in [2.05, 4.69) is 20.9 Å². The summed E-state index contributed by atoms with van der Waals surface area (Å²) < 4.78 is 30.8. The molecule has 2 nitrogen and oxygen atoms in total. The summed E-state index contributed by atoms with van der Waals surface area (Å²) in [5, 5.41) is 0.363. The van der Waals surface area contributed by atoms with Gasteiger partial charge in [-0.25, -0.2) is 13.8 Å². The summed E-state index contributed by atoms with van der Waals surface area (Å²) in [6, 6.07) is 1.61. The molecule has 0 aliphatic carbocycles. The Morgan fingerprint density at radius 1 is 1.64 bits per heavy atom. The number of hydrogen-bond acceptors (Lipinski definition) is 2. The van der Waals surface area contributed by atoms with Crippen molar-refractivity contribution in [1.29, 1.82) is 0 Å². The summed E-state index contributed by atoms with van der Waals surface area (Å²) in [5.41, 5.74) is 0.376. The number of rotatable bonds is 3. The Morgan fingerprint density at radius 2 is 2.29 bits per heavy atom. The van der Waals surface area contributed by atoms with Crippen molar-refractivity contribution in [1.82, 2.24) is 4.98 Å². The maximum Gasteiger partial charge on any atom is 0.269 e. The van der Waals surface area contributed by atoms with Crippen molar-refractivity contribution >= 4 is 38.5 Å². The minimum atomic E-state index is -2.57. The number of nitrogens with zero attached hydrogens (tertiary/aromatic N) is 1. The van der Waals surface area contributed by atoms with Gasteiger partial charge in [0.2, 0.25) is 5.88 Å². The predicted octanol–water partition coefficient (Wildman–Crippen LogP) is 3.53. The second-order valence-electron chi connectivity index (χ2n) is 2.46. The number of alkyl halides is 3. The van der Waals surface area contributed by atoms with Crippen molar-refractivity contribution < 1.29 is 13.5 Å². The number of methoxy groups -OCH3 is 1. The molecule has 1 aromatic rings. The first kappa shape index (κ1) is 12.1. The van der Waals surface area contributed by atoms with Gasteiger partial charge >= 0.3 is 0 Å². The van der Waals surface area contributed by atoms with Gasteiger partial charge in [0, 0.05) is 5.33 Å². The molecule has 1 heterocycles. The number of hydrogen-bond donors (Lipinski definition) is 0. The van der Waals surface area contributed by atoms with E-state index in [1.807, 2.05) is 22.6 Å². The van der Waals surface area contributed by atoms with Crippen LogP contribution in [0.2, 0.25) is 0 Å². The number of ether oxygens (including phenoxy) is 1. The minimum absolute atomic E-state index is 0.00125. The van der Waals surface area contributed by atoms with Gasteiger partial charge in [0.1, 0.15) is 3.70 Å². The Labute approximate surface area is 102 Å². The van der Waals surface area contributed by atoms with E-state index >= 15 is 0 Å². The van der Waals surface area contributed by atoms with Crippen molar-refractivity contribution in [3.8, 4) is 5.88 Å². The molecule has 0 fully saturated rings. The van der Waals surface area contributed by atoms with Crippen molar-refractivity contribution in [3.63, 3.8) is 0 Å². The fourth-order valence-corrected chi connectivity index (χ4v) is 2.11. The Hall–Kier alpha value is 0.0200. The van der Waals surface area contributed by atoms with E-state index in [0.29, 0.717) is 14.6 Å². The topological polar surface area (TPSA) is 22.1 Å². The van der Waals surface area contributed by atoms with Gasteiger partial charge < -0.3 is 4.74 Å². The molecule has 0 aliphatic heterocycles. The van der Waals surface area contributed by atoms with Gasteiger partial charge in [0.05, 0.1) is 12.7 Å². The minimum Gasteiger partial charge on any atom is -0.481 e. The van der Waals surface area contributed by atoms with Gasteiger partial charge in [-0.3, -0.25) is 0 Å². The smallest absolute Gasteiger partial charge is 0.269 e.